The van der Waals surface area contributed by atoms with Gasteiger partial charge in [0, 0.05) is 28.9 Å². The van der Waals surface area contributed by atoms with Crippen molar-refractivity contribution in [2.24, 2.45) is 5.73 Å². The quantitative estimate of drug-likeness (QED) is 0.545. The van der Waals surface area contributed by atoms with Gasteiger partial charge in [-0.05, 0) is 6.92 Å². The molecule has 0 saturated carbocycles. The molecule has 0 saturated heterocycles. The second kappa shape index (κ2) is 7.36. The summed E-state index contributed by atoms with van der Waals surface area (Å²) < 4.78 is 11.0. The Hall–Kier alpha value is -0.950. The number of carbonyl (C=O) groups is 2. The molecule has 0 fully saturated rings. The maximum atomic E-state index is 11.1. The molecule has 2 atom stereocenters. The Morgan fingerprint density at radius 2 is 2.07 bits per heavy atom. The van der Waals surface area contributed by atoms with Crippen LogP contribution in [0.1, 0.15) is 13.8 Å². The van der Waals surface area contributed by atoms with Gasteiger partial charge in [0.15, 0.2) is 0 Å². The summed E-state index contributed by atoms with van der Waals surface area (Å²) in [5.41, 5.74) is 4.78. The van der Waals surface area contributed by atoms with Crippen LogP contribution in [0.25, 0.3) is 0 Å². The van der Waals surface area contributed by atoms with Crippen LogP contribution in [0.5, 0.6) is 0 Å². The molecular formula is C8H17N3O3S. The lowest BCUT2D eigenvalue weighted by molar-refractivity contribution is -0.121. The first-order valence-electron chi connectivity index (χ1n) is 4.66. The Bertz CT molecular complexity index is 258. The number of nitrogens with one attached hydrogen (secondary N) is 2. The minimum absolute atomic E-state index is 0.466. The number of primary amides is 1. The zero-order chi connectivity index (χ0) is 11.8. The third-order valence-electron chi connectivity index (χ3n) is 1.74. The van der Waals surface area contributed by atoms with Crippen molar-refractivity contribution in [2.45, 2.75) is 19.9 Å². The van der Waals surface area contributed by atoms with E-state index in [1.807, 2.05) is 12.2 Å². The van der Waals surface area contributed by atoms with Gasteiger partial charge in [0.05, 0.1) is 6.04 Å². The van der Waals surface area contributed by atoms with Crippen LogP contribution in [0, 0.1) is 0 Å². The van der Waals surface area contributed by atoms with Crippen LogP contribution < -0.4 is 16.4 Å². The summed E-state index contributed by atoms with van der Waals surface area (Å²) in [4.78, 5) is 21.5. The van der Waals surface area contributed by atoms with Crippen LogP contribution in [-0.4, -0.2) is 40.2 Å². The molecule has 0 aliphatic carbocycles. The second-order valence-electron chi connectivity index (χ2n) is 2.96. The number of hydrogen-bond donors (Lipinski definition) is 3. The fourth-order valence-corrected chi connectivity index (χ4v) is 1.49. The summed E-state index contributed by atoms with van der Waals surface area (Å²) in [6.45, 7) is 3.90. The summed E-state index contributed by atoms with van der Waals surface area (Å²) in [5.74, 6) is 0.610. The predicted molar refractivity (Wildman–Crippen MR) is 58.7 cm³/mol. The van der Waals surface area contributed by atoms with Crippen LogP contribution in [0.3, 0.4) is 0 Å². The minimum atomic E-state index is -0.870. The van der Waals surface area contributed by atoms with Crippen molar-refractivity contribution in [3.63, 3.8) is 0 Å². The zero-order valence-corrected chi connectivity index (χ0v) is 9.73. The highest BCUT2D eigenvalue weighted by atomic mass is 32.2. The summed E-state index contributed by atoms with van der Waals surface area (Å²) in [6.07, 6.45) is 0. The lowest BCUT2D eigenvalue weighted by atomic mass is 10.3. The lowest BCUT2D eigenvalue weighted by Gasteiger charge is -2.11. The molecule has 0 aromatic carbocycles. The Morgan fingerprint density at radius 1 is 1.47 bits per heavy atom. The molecule has 7 heteroatoms. The molecule has 0 aromatic rings. The normalized spacial score (nSPS) is 14.3. The largest absolute Gasteiger partial charge is 0.351 e. The van der Waals surface area contributed by atoms with Gasteiger partial charge < -0.3 is 11.1 Å². The highest BCUT2D eigenvalue weighted by Gasteiger charge is 2.13. The standard InChI is InChI=1S/C8H17N3O3S/c1-3-15(14)5-4-10-6(2)7(12)11-8(9)13/h6,10H,3-5H2,1-2H3,(H3,9,11,12,13). The minimum Gasteiger partial charge on any atom is -0.351 e. The van der Waals surface area contributed by atoms with Gasteiger partial charge in [0.1, 0.15) is 0 Å². The fraction of sp³-hybridized carbons (Fsp3) is 0.750. The zero-order valence-electron chi connectivity index (χ0n) is 8.91. The van der Waals surface area contributed by atoms with E-state index in [1.165, 1.54) is 0 Å². The van der Waals surface area contributed by atoms with E-state index >= 15 is 0 Å². The average Bonchev–Trinajstić information content (AvgIpc) is 2.16. The van der Waals surface area contributed by atoms with E-state index in [0.717, 1.165) is 0 Å². The molecule has 0 aliphatic rings. The summed E-state index contributed by atoms with van der Waals surface area (Å²) in [7, 11) is -0.853. The average molecular weight is 235 g/mol. The van der Waals surface area contributed by atoms with E-state index in [-0.39, 0.29) is 0 Å². The second-order valence-corrected chi connectivity index (χ2v) is 4.83. The van der Waals surface area contributed by atoms with Gasteiger partial charge in [0.2, 0.25) is 5.91 Å². The van der Waals surface area contributed by atoms with Crippen molar-refractivity contribution >= 4 is 22.7 Å². The van der Waals surface area contributed by atoms with Crippen LogP contribution in [0.4, 0.5) is 4.79 Å². The first kappa shape index (κ1) is 14.1. The van der Waals surface area contributed by atoms with Crippen molar-refractivity contribution < 1.29 is 13.8 Å². The lowest BCUT2D eigenvalue weighted by Crippen LogP contribution is -2.47. The van der Waals surface area contributed by atoms with Gasteiger partial charge in [-0.15, -0.1) is 0 Å². The number of urea groups is 1. The Balaban J connectivity index is 3.73. The van der Waals surface area contributed by atoms with E-state index in [0.29, 0.717) is 18.1 Å². The molecule has 0 radical (unpaired) electrons. The molecule has 15 heavy (non-hydrogen) atoms. The molecule has 3 amide bonds. The number of amides is 3. The highest BCUT2D eigenvalue weighted by Crippen LogP contribution is 1.84. The molecular weight excluding hydrogens is 218 g/mol. The molecule has 0 spiro atoms. The molecule has 4 N–H and O–H groups in total. The number of nitrogens with two attached hydrogens (primary N) is 1. The van der Waals surface area contributed by atoms with Gasteiger partial charge in [0.25, 0.3) is 0 Å². The molecule has 6 nitrogen and oxygen atoms in total. The van der Waals surface area contributed by atoms with E-state index in [1.54, 1.807) is 6.92 Å². The number of rotatable bonds is 6. The Kier molecular flexibility index (Phi) is 6.89. The number of hydrogen-bond acceptors (Lipinski definition) is 4. The van der Waals surface area contributed by atoms with Gasteiger partial charge in [-0.3, -0.25) is 14.3 Å². The maximum absolute atomic E-state index is 11.1. The van der Waals surface area contributed by atoms with Crippen molar-refractivity contribution in [3.05, 3.63) is 0 Å². The number of imide groups is 1. The van der Waals surface area contributed by atoms with Crippen LogP contribution in [0.2, 0.25) is 0 Å². The third-order valence-corrected chi connectivity index (χ3v) is 3.05. The van der Waals surface area contributed by atoms with Crippen molar-refractivity contribution in [1.29, 1.82) is 0 Å². The summed E-state index contributed by atoms with van der Waals surface area (Å²) >= 11 is 0. The fourth-order valence-electron chi connectivity index (χ4n) is 0.856. The van der Waals surface area contributed by atoms with Crippen molar-refractivity contribution in [3.8, 4) is 0 Å². The van der Waals surface area contributed by atoms with Crippen LogP contribution in [0.15, 0.2) is 0 Å². The van der Waals surface area contributed by atoms with E-state index in [2.05, 4.69) is 5.32 Å². The molecule has 0 aromatic heterocycles. The Labute approximate surface area is 91.4 Å². The number of carbonyl (C=O) groups excluding carboxylic acids is 2. The molecule has 0 heterocycles. The van der Waals surface area contributed by atoms with Gasteiger partial charge >= 0.3 is 6.03 Å². The van der Waals surface area contributed by atoms with E-state index in [4.69, 9.17) is 5.73 Å². The summed E-state index contributed by atoms with van der Waals surface area (Å²) in [5, 5.41) is 4.80. The molecule has 0 aliphatic heterocycles. The monoisotopic (exact) mass is 235 g/mol. The predicted octanol–water partition coefficient (Wildman–Crippen LogP) is -1.07. The first-order valence-corrected chi connectivity index (χ1v) is 6.14. The van der Waals surface area contributed by atoms with Crippen LogP contribution >= 0.6 is 0 Å². The molecule has 0 bridgehead atoms. The molecule has 0 rings (SSSR count). The van der Waals surface area contributed by atoms with Crippen molar-refractivity contribution in [1.82, 2.24) is 10.6 Å². The van der Waals surface area contributed by atoms with Gasteiger partial charge in [-0.25, -0.2) is 4.79 Å². The van der Waals surface area contributed by atoms with Crippen LogP contribution in [-0.2, 0) is 15.6 Å². The van der Waals surface area contributed by atoms with Gasteiger partial charge in [-0.1, -0.05) is 6.92 Å². The van der Waals surface area contributed by atoms with Crippen molar-refractivity contribution in [2.75, 3.05) is 18.1 Å². The van der Waals surface area contributed by atoms with E-state index < -0.39 is 28.8 Å². The SMILES string of the molecule is CCS(=O)CCNC(C)C(=O)NC(N)=O. The maximum Gasteiger partial charge on any atom is 0.318 e. The smallest absolute Gasteiger partial charge is 0.318 e. The topological polar surface area (TPSA) is 101 Å². The molecule has 88 valence electrons. The van der Waals surface area contributed by atoms with E-state index in [9.17, 15) is 13.8 Å². The van der Waals surface area contributed by atoms with Gasteiger partial charge in [-0.2, -0.15) is 0 Å². The summed E-state index contributed by atoms with van der Waals surface area (Å²) in [6, 6.07) is -1.39. The first-order chi connectivity index (χ1) is 6.97. The highest BCUT2D eigenvalue weighted by molar-refractivity contribution is 7.84. The third kappa shape index (κ3) is 7.03. The molecule has 2 unspecified atom stereocenters. The Morgan fingerprint density at radius 3 is 2.53 bits per heavy atom.